The van der Waals surface area contributed by atoms with Gasteiger partial charge < -0.3 is 15.7 Å². The maximum Gasteiger partial charge on any atom is 0.130 e. The van der Waals surface area contributed by atoms with Crippen LogP contribution in [0.25, 0.3) is 0 Å². The second kappa shape index (κ2) is 5.47. The van der Waals surface area contributed by atoms with E-state index in [1.165, 1.54) is 6.07 Å². The van der Waals surface area contributed by atoms with Crippen LogP contribution in [-0.4, -0.2) is 24.3 Å². The Hall–Kier alpha value is -1.13. The lowest BCUT2D eigenvalue weighted by Crippen LogP contribution is -2.39. The number of benzene rings is 1. The van der Waals surface area contributed by atoms with Gasteiger partial charge in [0.2, 0.25) is 0 Å². The predicted molar refractivity (Wildman–Crippen MR) is 75.7 cm³/mol. The minimum atomic E-state index is -0.643. The Morgan fingerprint density at radius 2 is 2.05 bits per heavy atom. The molecule has 0 aliphatic heterocycles. The van der Waals surface area contributed by atoms with Crippen molar-refractivity contribution in [3.63, 3.8) is 0 Å². The summed E-state index contributed by atoms with van der Waals surface area (Å²) in [6.45, 7) is 2.30. The van der Waals surface area contributed by atoms with E-state index in [1.807, 2.05) is 18.0 Å². The quantitative estimate of drug-likeness (QED) is 0.880. The van der Waals surface area contributed by atoms with Crippen molar-refractivity contribution in [1.82, 2.24) is 0 Å². The highest BCUT2D eigenvalue weighted by Gasteiger charge is 2.33. The van der Waals surface area contributed by atoms with Gasteiger partial charge in [-0.25, -0.2) is 4.39 Å². The summed E-state index contributed by atoms with van der Waals surface area (Å²) in [5.74, 6) is -0.280. The highest BCUT2D eigenvalue weighted by Crippen LogP contribution is 2.33. The van der Waals surface area contributed by atoms with Gasteiger partial charge in [-0.2, -0.15) is 0 Å². The zero-order valence-corrected chi connectivity index (χ0v) is 11.7. The maximum absolute atomic E-state index is 13.9. The van der Waals surface area contributed by atoms with Crippen LogP contribution < -0.4 is 10.6 Å². The van der Waals surface area contributed by atoms with E-state index in [4.69, 9.17) is 5.73 Å². The molecule has 0 saturated heterocycles. The monoisotopic (exact) mass is 266 g/mol. The first-order chi connectivity index (χ1) is 8.93. The third kappa shape index (κ3) is 3.07. The van der Waals surface area contributed by atoms with Gasteiger partial charge in [0.25, 0.3) is 0 Å². The van der Waals surface area contributed by atoms with Gasteiger partial charge in [0.15, 0.2) is 0 Å². The number of nitrogens with two attached hydrogens (primary N) is 1. The van der Waals surface area contributed by atoms with Crippen molar-refractivity contribution in [2.75, 3.05) is 18.5 Å². The van der Waals surface area contributed by atoms with Crippen molar-refractivity contribution < 1.29 is 9.50 Å². The van der Waals surface area contributed by atoms with Gasteiger partial charge in [0, 0.05) is 30.9 Å². The molecular formula is C15H23FN2O. The molecular weight excluding hydrogens is 243 g/mol. The van der Waals surface area contributed by atoms with Gasteiger partial charge in [0.1, 0.15) is 5.82 Å². The average molecular weight is 266 g/mol. The van der Waals surface area contributed by atoms with Crippen LogP contribution in [-0.2, 0) is 0 Å². The highest BCUT2D eigenvalue weighted by atomic mass is 19.1. The van der Waals surface area contributed by atoms with Crippen molar-refractivity contribution in [1.29, 1.82) is 0 Å². The van der Waals surface area contributed by atoms with Crippen molar-refractivity contribution >= 4 is 5.69 Å². The Morgan fingerprint density at radius 1 is 1.42 bits per heavy atom. The van der Waals surface area contributed by atoms with E-state index in [0.29, 0.717) is 12.1 Å². The smallest absolute Gasteiger partial charge is 0.130 e. The Labute approximate surface area is 114 Å². The summed E-state index contributed by atoms with van der Waals surface area (Å²) >= 11 is 0. The highest BCUT2D eigenvalue weighted by molar-refractivity contribution is 5.55. The van der Waals surface area contributed by atoms with E-state index >= 15 is 0 Å². The summed E-state index contributed by atoms with van der Waals surface area (Å²) in [6.07, 6.45) is 3.77. The van der Waals surface area contributed by atoms with Gasteiger partial charge >= 0.3 is 0 Å². The van der Waals surface area contributed by atoms with E-state index in [1.54, 1.807) is 13.0 Å². The number of hydrogen-bond donors (Lipinski definition) is 2. The Bertz CT molecular complexity index is 442. The third-order valence-corrected chi connectivity index (χ3v) is 3.96. The zero-order chi connectivity index (χ0) is 14.0. The van der Waals surface area contributed by atoms with Crippen LogP contribution in [0.15, 0.2) is 18.2 Å². The lowest BCUT2D eigenvalue weighted by Gasteiger charge is -2.32. The molecule has 1 atom stereocenters. The first-order valence-corrected chi connectivity index (χ1v) is 6.90. The SMILES string of the molecule is C[C@H](N)c1c(F)cccc1N(C)CC1(O)CCCC1. The van der Waals surface area contributed by atoms with Gasteiger partial charge in [0.05, 0.1) is 5.60 Å². The van der Waals surface area contributed by atoms with Crippen molar-refractivity contribution in [2.24, 2.45) is 5.73 Å². The molecule has 0 heterocycles. The number of nitrogens with zero attached hydrogens (tertiary/aromatic N) is 1. The van der Waals surface area contributed by atoms with Gasteiger partial charge in [-0.1, -0.05) is 18.9 Å². The molecule has 1 fully saturated rings. The average Bonchev–Trinajstić information content (AvgIpc) is 2.74. The lowest BCUT2D eigenvalue weighted by atomic mass is 10.00. The molecule has 0 radical (unpaired) electrons. The molecule has 0 amide bonds. The first kappa shape index (κ1) is 14.3. The Balaban J connectivity index is 2.23. The molecule has 0 spiro atoms. The standard InChI is InChI=1S/C15H23FN2O/c1-11(17)14-12(16)6-5-7-13(14)18(2)10-15(19)8-3-4-9-15/h5-7,11,19H,3-4,8-10,17H2,1-2H3/t11-/m0/s1. The number of anilines is 1. The minimum Gasteiger partial charge on any atom is -0.388 e. The van der Waals surface area contributed by atoms with E-state index in [0.717, 1.165) is 31.4 Å². The van der Waals surface area contributed by atoms with Crippen LogP contribution in [0.2, 0.25) is 0 Å². The number of aliphatic hydroxyl groups is 1. The van der Waals surface area contributed by atoms with Gasteiger partial charge in [-0.05, 0) is 31.9 Å². The van der Waals surface area contributed by atoms with E-state index < -0.39 is 5.60 Å². The molecule has 0 bridgehead atoms. The molecule has 19 heavy (non-hydrogen) atoms. The molecule has 0 aromatic heterocycles. The van der Waals surface area contributed by atoms with E-state index in [2.05, 4.69) is 0 Å². The number of halogens is 1. The molecule has 4 heteroatoms. The summed E-state index contributed by atoms with van der Waals surface area (Å²) in [5, 5.41) is 10.5. The molecule has 3 nitrogen and oxygen atoms in total. The van der Waals surface area contributed by atoms with E-state index in [9.17, 15) is 9.50 Å². The largest absolute Gasteiger partial charge is 0.388 e. The summed E-state index contributed by atoms with van der Waals surface area (Å²) in [6, 6.07) is 4.61. The van der Waals surface area contributed by atoms with Crippen LogP contribution in [0.3, 0.4) is 0 Å². The molecule has 1 aromatic rings. The topological polar surface area (TPSA) is 49.5 Å². The second-order valence-electron chi connectivity index (χ2n) is 5.75. The molecule has 2 rings (SSSR count). The first-order valence-electron chi connectivity index (χ1n) is 6.90. The van der Waals surface area contributed by atoms with Gasteiger partial charge in [-0.3, -0.25) is 0 Å². The van der Waals surface area contributed by atoms with E-state index in [-0.39, 0.29) is 11.9 Å². The lowest BCUT2D eigenvalue weighted by molar-refractivity contribution is 0.0559. The summed E-state index contributed by atoms with van der Waals surface area (Å²) in [7, 11) is 1.89. The third-order valence-electron chi connectivity index (χ3n) is 3.96. The van der Waals surface area contributed by atoms with Crippen LogP contribution in [0.4, 0.5) is 10.1 Å². The fourth-order valence-corrected chi connectivity index (χ4v) is 3.03. The van der Waals surface area contributed by atoms with Gasteiger partial charge in [-0.15, -0.1) is 0 Å². The summed E-state index contributed by atoms with van der Waals surface area (Å²) in [4.78, 5) is 1.92. The molecule has 1 aromatic carbocycles. The molecule has 1 saturated carbocycles. The molecule has 0 unspecified atom stereocenters. The van der Waals surface area contributed by atoms with Crippen molar-refractivity contribution in [2.45, 2.75) is 44.2 Å². The number of hydrogen-bond acceptors (Lipinski definition) is 3. The number of rotatable bonds is 4. The Morgan fingerprint density at radius 3 is 2.63 bits per heavy atom. The zero-order valence-electron chi connectivity index (χ0n) is 11.7. The van der Waals surface area contributed by atoms with Crippen molar-refractivity contribution in [3.05, 3.63) is 29.6 Å². The van der Waals surface area contributed by atoms with Crippen LogP contribution in [0.5, 0.6) is 0 Å². The molecule has 3 N–H and O–H groups in total. The maximum atomic E-state index is 13.9. The number of likely N-dealkylation sites (N-methyl/N-ethyl adjacent to an activating group) is 1. The fraction of sp³-hybridized carbons (Fsp3) is 0.600. The molecule has 1 aliphatic rings. The van der Waals surface area contributed by atoms with Crippen LogP contribution in [0.1, 0.15) is 44.2 Å². The summed E-state index contributed by atoms with van der Waals surface area (Å²) < 4.78 is 13.9. The van der Waals surface area contributed by atoms with Crippen molar-refractivity contribution in [3.8, 4) is 0 Å². The molecule has 106 valence electrons. The van der Waals surface area contributed by atoms with Crippen LogP contribution in [0, 0.1) is 5.82 Å². The normalized spacial score (nSPS) is 19.4. The molecule has 1 aliphatic carbocycles. The fourth-order valence-electron chi connectivity index (χ4n) is 3.03. The van der Waals surface area contributed by atoms with Crippen LogP contribution >= 0.6 is 0 Å². The second-order valence-corrected chi connectivity index (χ2v) is 5.75. The summed E-state index contributed by atoms with van der Waals surface area (Å²) in [5.41, 5.74) is 6.52. The minimum absolute atomic E-state index is 0.280. The Kier molecular flexibility index (Phi) is 4.11. The predicted octanol–water partition coefficient (Wildman–Crippen LogP) is 2.59.